The second-order valence-corrected chi connectivity index (χ2v) is 4.75. The average molecular weight is 245 g/mol. The smallest absolute Gasteiger partial charge is 0.242 e. The summed E-state index contributed by atoms with van der Waals surface area (Å²) in [6, 6.07) is 9.58. The summed E-state index contributed by atoms with van der Waals surface area (Å²) < 4.78 is 0. The van der Waals surface area contributed by atoms with Crippen LogP contribution in [0.2, 0.25) is 0 Å². The minimum atomic E-state index is -0.625. The second-order valence-electron chi connectivity index (χ2n) is 4.75. The quantitative estimate of drug-likeness (QED) is 0.886. The Morgan fingerprint density at radius 1 is 1.33 bits per heavy atom. The lowest BCUT2D eigenvalue weighted by atomic mass is 9.96. The fourth-order valence-corrected chi connectivity index (χ4v) is 1.69. The van der Waals surface area contributed by atoms with Crippen molar-refractivity contribution in [2.24, 2.45) is 11.8 Å². The lowest BCUT2D eigenvalue weighted by Gasteiger charge is -2.19. The van der Waals surface area contributed by atoms with E-state index in [0.29, 0.717) is 0 Å². The molecule has 1 N–H and O–H groups in total. The van der Waals surface area contributed by atoms with Gasteiger partial charge in [-0.25, -0.2) is 0 Å². The summed E-state index contributed by atoms with van der Waals surface area (Å²) in [5.74, 6) is -0.872. The van der Waals surface area contributed by atoms with Gasteiger partial charge in [0, 0.05) is 14.1 Å². The van der Waals surface area contributed by atoms with Gasteiger partial charge in [0.2, 0.25) is 5.91 Å². The summed E-state index contributed by atoms with van der Waals surface area (Å²) in [4.78, 5) is 13.9. The average Bonchev–Trinajstić information content (AvgIpc) is 2.29. The summed E-state index contributed by atoms with van der Waals surface area (Å²) in [5, 5.41) is 11.8. The second kappa shape index (κ2) is 6.06. The molecule has 4 heteroatoms. The predicted octanol–water partition coefficient (Wildman–Crippen LogP) is 2.49. The van der Waals surface area contributed by atoms with Crippen molar-refractivity contribution in [1.29, 1.82) is 5.26 Å². The fraction of sp³-hybridized carbons (Fsp3) is 0.429. The molecule has 1 aromatic carbocycles. The van der Waals surface area contributed by atoms with Crippen LogP contribution >= 0.6 is 0 Å². The third kappa shape index (κ3) is 3.24. The number of anilines is 2. The third-order valence-electron chi connectivity index (χ3n) is 2.73. The molecule has 0 aromatic heterocycles. The minimum absolute atomic E-state index is 0.00141. The Hall–Kier alpha value is -2.02. The summed E-state index contributed by atoms with van der Waals surface area (Å²) >= 11 is 0. The molecule has 0 bridgehead atoms. The van der Waals surface area contributed by atoms with E-state index in [1.165, 1.54) is 0 Å². The first kappa shape index (κ1) is 14.0. The molecule has 1 atom stereocenters. The van der Waals surface area contributed by atoms with Gasteiger partial charge in [0.15, 0.2) is 0 Å². The molecule has 1 rings (SSSR count). The minimum Gasteiger partial charge on any atom is -0.376 e. The molecule has 0 saturated carbocycles. The molecule has 96 valence electrons. The zero-order valence-corrected chi connectivity index (χ0v) is 11.3. The zero-order valence-electron chi connectivity index (χ0n) is 11.3. The molecule has 0 aliphatic heterocycles. The van der Waals surface area contributed by atoms with Crippen LogP contribution in [-0.4, -0.2) is 20.0 Å². The van der Waals surface area contributed by atoms with Gasteiger partial charge in [0.05, 0.1) is 17.4 Å². The van der Waals surface area contributed by atoms with Crippen LogP contribution in [0.5, 0.6) is 0 Å². The van der Waals surface area contributed by atoms with E-state index < -0.39 is 5.92 Å². The number of nitriles is 1. The lowest BCUT2D eigenvalue weighted by molar-refractivity contribution is -0.119. The van der Waals surface area contributed by atoms with Gasteiger partial charge in [0.25, 0.3) is 0 Å². The van der Waals surface area contributed by atoms with Crippen molar-refractivity contribution < 1.29 is 4.79 Å². The highest BCUT2D eigenvalue weighted by molar-refractivity contribution is 5.97. The summed E-state index contributed by atoms with van der Waals surface area (Å²) in [6.45, 7) is 3.73. The molecule has 1 aromatic rings. The van der Waals surface area contributed by atoms with E-state index in [9.17, 15) is 4.79 Å². The molecule has 1 unspecified atom stereocenters. The van der Waals surface area contributed by atoms with Crippen LogP contribution < -0.4 is 10.2 Å². The Kier molecular flexibility index (Phi) is 4.73. The zero-order chi connectivity index (χ0) is 13.7. The van der Waals surface area contributed by atoms with E-state index >= 15 is 0 Å². The highest BCUT2D eigenvalue weighted by Gasteiger charge is 2.22. The van der Waals surface area contributed by atoms with Crippen molar-refractivity contribution in [2.45, 2.75) is 13.8 Å². The molecule has 0 fully saturated rings. The van der Waals surface area contributed by atoms with E-state index in [-0.39, 0.29) is 11.8 Å². The molecule has 0 aliphatic carbocycles. The van der Waals surface area contributed by atoms with Gasteiger partial charge in [-0.1, -0.05) is 26.0 Å². The van der Waals surface area contributed by atoms with E-state index in [4.69, 9.17) is 5.26 Å². The highest BCUT2D eigenvalue weighted by Crippen LogP contribution is 2.24. The van der Waals surface area contributed by atoms with Gasteiger partial charge < -0.3 is 10.2 Å². The summed E-state index contributed by atoms with van der Waals surface area (Å²) in [7, 11) is 3.82. The van der Waals surface area contributed by atoms with Gasteiger partial charge in [-0.2, -0.15) is 5.26 Å². The highest BCUT2D eigenvalue weighted by atomic mass is 16.1. The molecule has 0 aliphatic rings. The van der Waals surface area contributed by atoms with Gasteiger partial charge in [-0.3, -0.25) is 4.79 Å². The van der Waals surface area contributed by atoms with Crippen molar-refractivity contribution in [3.63, 3.8) is 0 Å². The molecule has 1 amide bonds. The van der Waals surface area contributed by atoms with Crippen molar-refractivity contribution in [2.75, 3.05) is 24.3 Å². The molecule has 0 heterocycles. The number of nitrogens with zero attached hydrogens (tertiary/aromatic N) is 2. The first-order chi connectivity index (χ1) is 8.47. The van der Waals surface area contributed by atoms with E-state index in [1.54, 1.807) is 0 Å². The van der Waals surface area contributed by atoms with Crippen LogP contribution in [0, 0.1) is 23.2 Å². The molecule has 18 heavy (non-hydrogen) atoms. The van der Waals surface area contributed by atoms with Crippen LogP contribution in [0.1, 0.15) is 13.8 Å². The van der Waals surface area contributed by atoms with Crippen LogP contribution in [0.3, 0.4) is 0 Å². The fourth-order valence-electron chi connectivity index (χ4n) is 1.69. The number of carbonyl (C=O) groups is 1. The first-order valence-electron chi connectivity index (χ1n) is 5.94. The number of para-hydroxylation sites is 2. The number of hydrogen-bond acceptors (Lipinski definition) is 3. The monoisotopic (exact) mass is 245 g/mol. The van der Waals surface area contributed by atoms with Gasteiger partial charge in [-0.15, -0.1) is 0 Å². The number of carbonyl (C=O) groups excluding carboxylic acids is 1. The van der Waals surface area contributed by atoms with E-state index in [1.807, 2.05) is 63.2 Å². The summed E-state index contributed by atoms with van der Waals surface area (Å²) in [6.07, 6.45) is 0. The van der Waals surface area contributed by atoms with Crippen molar-refractivity contribution >= 4 is 17.3 Å². The Balaban J connectivity index is 2.92. The molecule has 0 spiro atoms. The number of amides is 1. The predicted molar refractivity (Wildman–Crippen MR) is 73.3 cm³/mol. The Bertz CT molecular complexity index is 460. The number of nitrogens with one attached hydrogen (secondary N) is 1. The van der Waals surface area contributed by atoms with Crippen LogP contribution in [0.25, 0.3) is 0 Å². The Morgan fingerprint density at radius 2 is 1.94 bits per heavy atom. The molecule has 4 nitrogen and oxygen atoms in total. The molecule has 0 radical (unpaired) electrons. The van der Waals surface area contributed by atoms with Crippen LogP contribution in [0.15, 0.2) is 24.3 Å². The standard InChI is InChI=1S/C14H19N3O/c1-10(2)11(9-15)14(18)16-12-7-5-6-8-13(12)17(3)4/h5-8,10-11H,1-4H3,(H,16,18). The third-order valence-corrected chi connectivity index (χ3v) is 2.73. The largest absolute Gasteiger partial charge is 0.376 e. The lowest BCUT2D eigenvalue weighted by Crippen LogP contribution is -2.26. The normalized spacial score (nSPS) is 11.8. The maximum Gasteiger partial charge on any atom is 0.242 e. The molecule has 0 saturated heterocycles. The Labute approximate surface area is 108 Å². The topological polar surface area (TPSA) is 56.1 Å². The van der Waals surface area contributed by atoms with Crippen molar-refractivity contribution in [3.05, 3.63) is 24.3 Å². The van der Waals surface area contributed by atoms with Crippen molar-refractivity contribution in [3.8, 4) is 6.07 Å². The first-order valence-corrected chi connectivity index (χ1v) is 5.94. The van der Waals surface area contributed by atoms with Crippen LogP contribution in [-0.2, 0) is 4.79 Å². The number of rotatable bonds is 4. The van der Waals surface area contributed by atoms with E-state index in [2.05, 4.69) is 5.32 Å². The van der Waals surface area contributed by atoms with Gasteiger partial charge >= 0.3 is 0 Å². The molecular formula is C14H19N3O. The molecular weight excluding hydrogens is 226 g/mol. The maximum absolute atomic E-state index is 12.0. The van der Waals surface area contributed by atoms with Gasteiger partial charge in [0.1, 0.15) is 5.92 Å². The Morgan fingerprint density at radius 3 is 2.44 bits per heavy atom. The van der Waals surface area contributed by atoms with Crippen LogP contribution in [0.4, 0.5) is 11.4 Å². The summed E-state index contributed by atoms with van der Waals surface area (Å²) in [5.41, 5.74) is 1.65. The maximum atomic E-state index is 12.0. The number of hydrogen-bond donors (Lipinski definition) is 1. The van der Waals surface area contributed by atoms with Gasteiger partial charge in [-0.05, 0) is 18.1 Å². The number of benzene rings is 1. The SMILES string of the molecule is CC(C)C(C#N)C(=O)Nc1ccccc1N(C)C. The van der Waals surface area contributed by atoms with Crippen molar-refractivity contribution in [1.82, 2.24) is 0 Å². The van der Waals surface area contributed by atoms with E-state index in [0.717, 1.165) is 11.4 Å².